The first-order chi connectivity index (χ1) is 25.8. The zero-order chi connectivity index (χ0) is 34.4. The second-order valence-corrected chi connectivity index (χ2v) is 13.1. The number of benzene rings is 8. The number of nitrogens with zero attached hydrogens (tertiary/aromatic N) is 2. The minimum atomic E-state index is 0.815. The van der Waals surface area contributed by atoms with Crippen LogP contribution in [-0.2, 0) is 0 Å². The molecule has 10 rings (SSSR count). The Kier molecular flexibility index (Phi) is 7.14. The number of hydrogen-bond acceptors (Lipinski definition) is 2. The van der Waals surface area contributed by atoms with Crippen LogP contribution in [0.5, 0.6) is 11.5 Å². The van der Waals surface area contributed by atoms with E-state index in [1.165, 1.54) is 16.7 Å². The third kappa shape index (κ3) is 5.02. The molecule has 0 atom stereocenters. The van der Waals surface area contributed by atoms with Gasteiger partial charge in [0.15, 0.2) is 0 Å². The van der Waals surface area contributed by atoms with Crippen LogP contribution in [0.2, 0.25) is 0 Å². The van der Waals surface area contributed by atoms with Gasteiger partial charge in [-0.1, -0.05) is 152 Å². The van der Waals surface area contributed by atoms with E-state index in [0.29, 0.717) is 0 Å². The molecule has 1 aliphatic rings. The van der Waals surface area contributed by atoms with Crippen LogP contribution in [0.1, 0.15) is 0 Å². The maximum Gasteiger partial charge on any atom is 0.145 e. The topological polar surface area (TPSA) is 27.1 Å². The van der Waals surface area contributed by atoms with Crippen molar-refractivity contribution in [3.05, 3.63) is 194 Å². The predicted octanol–water partition coefficient (Wildman–Crippen LogP) is 13.1. The maximum atomic E-state index is 6.88. The molecule has 0 fully saturated rings. The van der Waals surface area contributed by atoms with Crippen molar-refractivity contribution in [1.29, 1.82) is 0 Å². The normalized spacial score (nSPS) is 11.6. The first kappa shape index (κ1) is 29.9. The summed E-state index contributed by atoms with van der Waals surface area (Å²) in [6, 6.07) is 68.5. The Balaban J connectivity index is 1.20. The number of aromatic nitrogens is 2. The molecule has 3 heteroatoms. The van der Waals surface area contributed by atoms with Gasteiger partial charge < -0.3 is 4.74 Å². The van der Waals surface area contributed by atoms with E-state index in [2.05, 4.69) is 174 Å². The highest BCUT2D eigenvalue weighted by atomic mass is 16.5. The standard InChI is InChI=1S/C49H32N2O/c1-3-15-33(16-4-1)49-50-45-32-35(28-30-46(45)51(49)36-17-5-2-6-18-36)34-27-29-41-39-21-8-7-19-37(39)38-20-9-10-22-40(38)42-23-11-13-25-47(42)52-48-26-14-12-24-43(48)44(41)31-34/h1-32H. The summed E-state index contributed by atoms with van der Waals surface area (Å²) in [6.45, 7) is 0. The van der Waals surface area contributed by atoms with Crippen LogP contribution < -0.4 is 4.74 Å². The zero-order valence-corrected chi connectivity index (χ0v) is 28.3. The molecule has 0 saturated carbocycles. The molecule has 0 N–H and O–H groups in total. The third-order valence-corrected chi connectivity index (χ3v) is 10.1. The molecular formula is C49H32N2O. The van der Waals surface area contributed by atoms with Crippen LogP contribution in [-0.4, -0.2) is 9.55 Å². The molecule has 3 nitrogen and oxygen atoms in total. The van der Waals surface area contributed by atoms with E-state index in [4.69, 9.17) is 9.72 Å². The Morgan fingerprint density at radius 2 is 0.808 bits per heavy atom. The van der Waals surface area contributed by atoms with Gasteiger partial charge >= 0.3 is 0 Å². The van der Waals surface area contributed by atoms with Crippen molar-refractivity contribution in [1.82, 2.24) is 9.55 Å². The lowest BCUT2D eigenvalue weighted by molar-refractivity contribution is 0.486. The second kappa shape index (κ2) is 12.4. The van der Waals surface area contributed by atoms with Crippen molar-refractivity contribution in [2.75, 3.05) is 0 Å². The summed E-state index contributed by atoms with van der Waals surface area (Å²) in [5.41, 5.74) is 15.4. The van der Waals surface area contributed by atoms with Crippen molar-refractivity contribution in [2.45, 2.75) is 0 Å². The molecule has 0 aliphatic carbocycles. The van der Waals surface area contributed by atoms with Gasteiger partial charge in [0.25, 0.3) is 0 Å². The molecule has 0 radical (unpaired) electrons. The molecule has 2 heterocycles. The van der Waals surface area contributed by atoms with Crippen LogP contribution in [0.25, 0.3) is 83.7 Å². The van der Waals surface area contributed by atoms with Gasteiger partial charge in [-0.25, -0.2) is 4.98 Å². The molecule has 0 spiro atoms. The molecule has 244 valence electrons. The SMILES string of the molecule is c1ccc(-c2nc3cc(-c4ccc5c(c4)-c4ccccc4Oc4ccccc4-c4ccccc4-c4ccccc4-5)ccc3n2-c2ccccc2)cc1. The highest BCUT2D eigenvalue weighted by Crippen LogP contribution is 2.48. The molecule has 0 amide bonds. The van der Waals surface area contributed by atoms with Gasteiger partial charge in [-0.3, -0.25) is 4.57 Å². The summed E-state index contributed by atoms with van der Waals surface area (Å²) in [4.78, 5) is 5.24. The smallest absolute Gasteiger partial charge is 0.145 e. The highest BCUT2D eigenvalue weighted by Gasteiger charge is 2.22. The summed E-state index contributed by atoms with van der Waals surface area (Å²) >= 11 is 0. The van der Waals surface area contributed by atoms with Crippen molar-refractivity contribution in [3.8, 4) is 84.2 Å². The van der Waals surface area contributed by atoms with Crippen LogP contribution in [0, 0.1) is 0 Å². The molecule has 0 unspecified atom stereocenters. The monoisotopic (exact) mass is 664 g/mol. The lowest BCUT2D eigenvalue weighted by Gasteiger charge is -2.18. The van der Waals surface area contributed by atoms with E-state index in [-0.39, 0.29) is 0 Å². The first-order valence-corrected chi connectivity index (χ1v) is 17.6. The summed E-state index contributed by atoms with van der Waals surface area (Å²) in [5.74, 6) is 2.56. The van der Waals surface area contributed by atoms with Crippen molar-refractivity contribution in [3.63, 3.8) is 0 Å². The van der Waals surface area contributed by atoms with Crippen molar-refractivity contribution in [2.24, 2.45) is 0 Å². The summed E-state index contributed by atoms with van der Waals surface area (Å²) in [7, 11) is 0. The fourth-order valence-corrected chi connectivity index (χ4v) is 7.64. The number of rotatable bonds is 3. The first-order valence-electron chi connectivity index (χ1n) is 17.6. The van der Waals surface area contributed by atoms with E-state index < -0.39 is 0 Å². The van der Waals surface area contributed by atoms with E-state index in [1.807, 2.05) is 24.3 Å². The number of hydrogen-bond donors (Lipinski definition) is 0. The molecule has 8 aromatic carbocycles. The molecule has 9 aromatic rings. The number of para-hydroxylation sites is 3. The number of imidazole rings is 1. The number of fused-ring (bicyclic) bond motifs is 10. The lowest BCUT2D eigenvalue weighted by atomic mass is 9.85. The van der Waals surface area contributed by atoms with Gasteiger partial charge in [0.05, 0.1) is 11.0 Å². The third-order valence-electron chi connectivity index (χ3n) is 10.1. The van der Waals surface area contributed by atoms with Gasteiger partial charge in [-0.05, 0) is 87.0 Å². The molecule has 1 aromatic heterocycles. The Labute approximate surface area is 302 Å². The van der Waals surface area contributed by atoms with E-state index in [1.54, 1.807) is 0 Å². The minimum absolute atomic E-state index is 0.815. The molecule has 52 heavy (non-hydrogen) atoms. The zero-order valence-electron chi connectivity index (χ0n) is 28.3. The van der Waals surface area contributed by atoms with Gasteiger partial charge in [0.2, 0.25) is 0 Å². The molecule has 1 aliphatic heterocycles. The van der Waals surface area contributed by atoms with Crippen LogP contribution in [0.4, 0.5) is 0 Å². The Morgan fingerprint density at radius 3 is 1.44 bits per heavy atom. The second-order valence-electron chi connectivity index (χ2n) is 13.1. The quantitative estimate of drug-likeness (QED) is 0.188. The Hall–Kier alpha value is -6.97. The fourth-order valence-electron chi connectivity index (χ4n) is 7.64. The summed E-state index contributed by atoms with van der Waals surface area (Å²) in [6.07, 6.45) is 0. The van der Waals surface area contributed by atoms with Crippen molar-refractivity contribution >= 4 is 11.0 Å². The average molecular weight is 665 g/mol. The lowest BCUT2D eigenvalue weighted by Crippen LogP contribution is -1.97. The van der Waals surface area contributed by atoms with Gasteiger partial charge in [-0.2, -0.15) is 0 Å². The largest absolute Gasteiger partial charge is 0.456 e. The van der Waals surface area contributed by atoms with Crippen molar-refractivity contribution < 1.29 is 4.74 Å². The van der Waals surface area contributed by atoms with Crippen LogP contribution in [0.3, 0.4) is 0 Å². The maximum absolute atomic E-state index is 6.88. The average Bonchev–Trinajstić information content (AvgIpc) is 3.60. The Bertz CT molecular complexity index is 2760. The Morgan fingerprint density at radius 1 is 0.346 bits per heavy atom. The predicted molar refractivity (Wildman–Crippen MR) is 214 cm³/mol. The van der Waals surface area contributed by atoms with Gasteiger partial charge in [0, 0.05) is 22.4 Å². The van der Waals surface area contributed by atoms with Gasteiger partial charge in [-0.15, -0.1) is 0 Å². The fraction of sp³-hybridized carbons (Fsp3) is 0. The molecule has 0 bridgehead atoms. The summed E-state index contributed by atoms with van der Waals surface area (Å²) < 4.78 is 9.13. The molecule has 0 saturated heterocycles. The van der Waals surface area contributed by atoms with E-state index in [0.717, 1.165) is 78.6 Å². The summed E-state index contributed by atoms with van der Waals surface area (Å²) in [5, 5.41) is 0. The molecular weight excluding hydrogens is 633 g/mol. The van der Waals surface area contributed by atoms with Gasteiger partial charge in [0.1, 0.15) is 17.3 Å². The van der Waals surface area contributed by atoms with Crippen LogP contribution >= 0.6 is 0 Å². The minimum Gasteiger partial charge on any atom is -0.456 e. The highest BCUT2D eigenvalue weighted by molar-refractivity contribution is 5.99. The van der Waals surface area contributed by atoms with E-state index >= 15 is 0 Å². The van der Waals surface area contributed by atoms with E-state index in [9.17, 15) is 0 Å². The number of ether oxygens (including phenoxy) is 1. The van der Waals surface area contributed by atoms with Crippen LogP contribution in [0.15, 0.2) is 194 Å².